The van der Waals surface area contributed by atoms with Crippen molar-refractivity contribution in [2.45, 2.75) is 12.8 Å². The first-order valence-electron chi connectivity index (χ1n) is 4.80. The molecule has 72 valence electrons. The molecule has 1 heterocycles. The van der Waals surface area contributed by atoms with Crippen molar-refractivity contribution in [2.75, 3.05) is 5.88 Å². The van der Waals surface area contributed by atoms with Crippen LogP contribution < -0.4 is 0 Å². The van der Waals surface area contributed by atoms with Gasteiger partial charge in [-0.3, -0.25) is 4.98 Å². The first-order chi connectivity index (χ1) is 6.92. The molecule has 0 amide bonds. The highest BCUT2D eigenvalue weighted by Crippen LogP contribution is 2.17. The fourth-order valence-corrected chi connectivity index (χ4v) is 1.78. The highest BCUT2D eigenvalue weighted by molar-refractivity contribution is 6.17. The molecule has 1 aromatic carbocycles. The van der Waals surface area contributed by atoms with E-state index in [1.165, 1.54) is 10.9 Å². The molecule has 14 heavy (non-hydrogen) atoms. The van der Waals surface area contributed by atoms with Crippen LogP contribution in [0.3, 0.4) is 0 Å². The average molecular weight is 206 g/mol. The third kappa shape index (κ3) is 1.88. The molecule has 0 bridgehead atoms. The van der Waals surface area contributed by atoms with E-state index >= 15 is 0 Å². The van der Waals surface area contributed by atoms with Gasteiger partial charge in [0.1, 0.15) is 0 Å². The van der Waals surface area contributed by atoms with E-state index in [4.69, 9.17) is 11.6 Å². The topological polar surface area (TPSA) is 12.9 Å². The van der Waals surface area contributed by atoms with Crippen LogP contribution in [0.2, 0.25) is 0 Å². The highest BCUT2D eigenvalue weighted by atomic mass is 35.5. The third-order valence-corrected chi connectivity index (χ3v) is 2.58. The summed E-state index contributed by atoms with van der Waals surface area (Å²) in [4.78, 5) is 4.32. The van der Waals surface area contributed by atoms with E-state index in [2.05, 4.69) is 23.2 Å². The molecule has 0 saturated carbocycles. The summed E-state index contributed by atoms with van der Waals surface area (Å²) in [5, 5.41) is 1.25. The van der Waals surface area contributed by atoms with Gasteiger partial charge in [-0.05, 0) is 30.5 Å². The lowest BCUT2D eigenvalue weighted by Crippen LogP contribution is -1.89. The van der Waals surface area contributed by atoms with Crippen LogP contribution in [0.15, 0.2) is 36.5 Å². The van der Waals surface area contributed by atoms with Gasteiger partial charge in [0.15, 0.2) is 0 Å². The summed E-state index contributed by atoms with van der Waals surface area (Å²) < 4.78 is 0. The molecule has 0 spiro atoms. The Morgan fingerprint density at radius 3 is 2.93 bits per heavy atom. The zero-order valence-corrected chi connectivity index (χ0v) is 8.67. The molecular formula is C12H12ClN. The van der Waals surface area contributed by atoms with E-state index in [-0.39, 0.29) is 0 Å². The second-order valence-corrected chi connectivity index (χ2v) is 3.66. The van der Waals surface area contributed by atoms with E-state index in [0.717, 1.165) is 24.2 Å². The lowest BCUT2D eigenvalue weighted by molar-refractivity contribution is 0.936. The number of rotatable bonds is 3. The molecule has 0 fully saturated rings. The zero-order chi connectivity index (χ0) is 9.80. The Labute approximate surface area is 88.7 Å². The lowest BCUT2D eigenvalue weighted by Gasteiger charge is -2.03. The summed E-state index contributed by atoms with van der Waals surface area (Å²) in [5.41, 5.74) is 2.41. The summed E-state index contributed by atoms with van der Waals surface area (Å²) >= 11 is 5.69. The van der Waals surface area contributed by atoms with Crippen molar-refractivity contribution >= 4 is 22.5 Å². The van der Waals surface area contributed by atoms with Gasteiger partial charge in [0, 0.05) is 17.5 Å². The van der Waals surface area contributed by atoms with Crippen LogP contribution >= 0.6 is 11.6 Å². The maximum atomic E-state index is 5.69. The quantitative estimate of drug-likeness (QED) is 0.700. The van der Waals surface area contributed by atoms with Crippen LogP contribution in [0.1, 0.15) is 12.0 Å². The average Bonchev–Trinajstić information content (AvgIpc) is 2.26. The van der Waals surface area contributed by atoms with Crippen molar-refractivity contribution < 1.29 is 0 Å². The van der Waals surface area contributed by atoms with Crippen molar-refractivity contribution in [1.29, 1.82) is 0 Å². The van der Waals surface area contributed by atoms with Gasteiger partial charge >= 0.3 is 0 Å². The number of pyridine rings is 1. The summed E-state index contributed by atoms with van der Waals surface area (Å²) in [7, 11) is 0. The molecule has 0 aliphatic rings. The van der Waals surface area contributed by atoms with Gasteiger partial charge in [0.05, 0.1) is 5.52 Å². The minimum Gasteiger partial charge on any atom is -0.256 e. The Kier molecular flexibility index (Phi) is 3.00. The second kappa shape index (κ2) is 4.43. The monoisotopic (exact) mass is 205 g/mol. The summed E-state index contributed by atoms with van der Waals surface area (Å²) in [6, 6.07) is 10.3. The molecule has 0 aliphatic heterocycles. The van der Waals surface area contributed by atoms with Gasteiger partial charge in [0.2, 0.25) is 0 Å². The molecule has 0 aliphatic carbocycles. The Bertz CT molecular complexity index is 420. The smallest absolute Gasteiger partial charge is 0.0704 e. The number of hydrogen-bond acceptors (Lipinski definition) is 1. The van der Waals surface area contributed by atoms with Crippen molar-refractivity contribution in [3.05, 3.63) is 42.1 Å². The van der Waals surface area contributed by atoms with E-state index < -0.39 is 0 Å². The van der Waals surface area contributed by atoms with Gasteiger partial charge < -0.3 is 0 Å². The molecule has 1 nitrogen and oxygen atoms in total. The van der Waals surface area contributed by atoms with Gasteiger partial charge in [0.25, 0.3) is 0 Å². The van der Waals surface area contributed by atoms with Crippen LogP contribution in [0.5, 0.6) is 0 Å². The maximum Gasteiger partial charge on any atom is 0.0704 e. The van der Waals surface area contributed by atoms with E-state index in [9.17, 15) is 0 Å². The molecule has 0 unspecified atom stereocenters. The Morgan fingerprint density at radius 2 is 2.07 bits per heavy atom. The number of aromatic nitrogens is 1. The number of nitrogens with zero attached hydrogens (tertiary/aromatic N) is 1. The van der Waals surface area contributed by atoms with Crippen molar-refractivity contribution in [2.24, 2.45) is 0 Å². The first-order valence-corrected chi connectivity index (χ1v) is 5.34. The molecule has 2 heteroatoms. The number of aryl methyl sites for hydroxylation is 1. The Morgan fingerprint density at radius 1 is 1.14 bits per heavy atom. The first kappa shape index (κ1) is 9.47. The number of fused-ring (bicyclic) bond motifs is 1. The second-order valence-electron chi connectivity index (χ2n) is 3.28. The molecular weight excluding hydrogens is 194 g/mol. The van der Waals surface area contributed by atoms with Crippen LogP contribution in [0.25, 0.3) is 10.9 Å². The van der Waals surface area contributed by atoms with Crippen molar-refractivity contribution in [1.82, 2.24) is 4.98 Å². The predicted molar refractivity (Wildman–Crippen MR) is 60.8 cm³/mol. The Hall–Kier alpha value is -1.08. The van der Waals surface area contributed by atoms with E-state index in [1.54, 1.807) is 0 Å². The van der Waals surface area contributed by atoms with Crippen LogP contribution in [-0.4, -0.2) is 10.9 Å². The lowest BCUT2D eigenvalue weighted by atomic mass is 10.0. The SMILES string of the molecule is ClCCCc1cccc2ncccc12. The van der Waals surface area contributed by atoms with E-state index in [0.29, 0.717) is 0 Å². The third-order valence-electron chi connectivity index (χ3n) is 2.32. The maximum absolute atomic E-state index is 5.69. The largest absolute Gasteiger partial charge is 0.256 e. The zero-order valence-electron chi connectivity index (χ0n) is 7.91. The predicted octanol–water partition coefficient (Wildman–Crippen LogP) is 3.41. The highest BCUT2D eigenvalue weighted by Gasteiger charge is 1.99. The van der Waals surface area contributed by atoms with Gasteiger partial charge in [-0.25, -0.2) is 0 Å². The fraction of sp³-hybridized carbons (Fsp3) is 0.250. The van der Waals surface area contributed by atoms with Gasteiger partial charge in [-0.15, -0.1) is 11.6 Å². The fourth-order valence-electron chi connectivity index (χ4n) is 1.64. The van der Waals surface area contributed by atoms with Crippen LogP contribution in [-0.2, 0) is 6.42 Å². The van der Waals surface area contributed by atoms with Crippen molar-refractivity contribution in [3.63, 3.8) is 0 Å². The van der Waals surface area contributed by atoms with Gasteiger partial charge in [-0.1, -0.05) is 18.2 Å². The van der Waals surface area contributed by atoms with Crippen LogP contribution in [0.4, 0.5) is 0 Å². The van der Waals surface area contributed by atoms with E-state index in [1.807, 2.05) is 18.3 Å². The van der Waals surface area contributed by atoms with Crippen LogP contribution in [0, 0.1) is 0 Å². The molecule has 0 saturated heterocycles. The molecule has 0 radical (unpaired) electrons. The molecule has 2 rings (SSSR count). The number of hydrogen-bond donors (Lipinski definition) is 0. The van der Waals surface area contributed by atoms with Gasteiger partial charge in [-0.2, -0.15) is 0 Å². The molecule has 2 aromatic rings. The summed E-state index contributed by atoms with van der Waals surface area (Å²) in [5.74, 6) is 0.719. The standard InChI is InChI=1S/C12H12ClN/c13-8-2-5-10-4-1-7-12-11(10)6-3-9-14-12/h1,3-4,6-7,9H,2,5,8H2. The minimum absolute atomic E-state index is 0.719. The molecule has 0 atom stereocenters. The summed E-state index contributed by atoms with van der Waals surface area (Å²) in [6.45, 7) is 0. The van der Waals surface area contributed by atoms with Crippen molar-refractivity contribution in [3.8, 4) is 0 Å². The normalized spacial score (nSPS) is 10.6. The number of benzene rings is 1. The number of alkyl halides is 1. The number of halogens is 1. The molecule has 1 aromatic heterocycles. The minimum atomic E-state index is 0.719. The molecule has 0 N–H and O–H groups in total. The Balaban J connectivity index is 2.43. The summed E-state index contributed by atoms with van der Waals surface area (Å²) in [6.07, 6.45) is 3.88.